The van der Waals surface area contributed by atoms with E-state index in [4.69, 9.17) is 13.3 Å². The van der Waals surface area contributed by atoms with Crippen LogP contribution in [0.2, 0.25) is 0 Å². The molecule has 0 aliphatic carbocycles. The van der Waals surface area contributed by atoms with Crippen LogP contribution < -0.4 is 0 Å². The fourth-order valence-corrected chi connectivity index (χ4v) is 1.67. The van der Waals surface area contributed by atoms with Gasteiger partial charge in [0.25, 0.3) is 0 Å². The summed E-state index contributed by atoms with van der Waals surface area (Å²) in [6.07, 6.45) is 1.63. The number of unbranched alkanes of at least 4 members (excludes halogenated alkanes) is 5. The summed E-state index contributed by atoms with van der Waals surface area (Å²) in [7, 11) is 0. The quantitative estimate of drug-likeness (QED) is 0.405. The Kier molecular flexibility index (Phi) is 8.41. The van der Waals surface area contributed by atoms with Crippen molar-refractivity contribution in [1.82, 2.24) is 0 Å². The van der Waals surface area contributed by atoms with Crippen LogP contribution in [-0.4, -0.2) is 11.7 Å². The molecule has 0 fully saturated rings. The summed E-state index contributed by atoms with van der Waals surface area (Å²) >= 11 is 0. The van der Waals surface area contributed by atoms with Gasteiger partial charge in [0.05, 0.1) is 0 Å². The average Bonchev–Trinajstić information content (AvgIpc) is 2.47. The van der Waals surface area contributed by atoms with Crippen molar-refractivity contribution in [3.63, 3.8) is 0 Å². The van der Waals surface area contributed by atoms with E-state index in [9.17, 15) is 0 Å². The normalized spacial score (nSPS) is 18.7. The number of hydrogen-bond donors (Lipinski definition) is 1. The van der Waals surface area contributed by atoms with Gasteiger partial charge < -0.3 is 5.11 Å². The Morgan fingerprint density at radius 1 is 0.647 bits per heavy atom. The number of hydrogen-bond acceptors (Lipinski definition) is 1. The number of rotatable bonds is 14. The van der Waals surface area contributed by atoms with E-state index in [1.807, 2.05) is 0 Å². The Morgan fingerprint density at radius 3 is 1.53 bits per heavy atom. The van der Waals surface area contributed by atoms with Gasteiger partial charge in [0, 0.05) is 14.8 Å². The van der Waals surface area contributed by atoms with E-state index in [0.29, 0.717) is 32.1 Å². The van der Waals surface area contributed by atoms with Crippen LogP contribution in [0.1, 0.15) is 105 Å². The predicted octanol–water partition coefficient (Wildman–Crippen LogP) is 5.46. The molecule has 0 unspecified atom stereocenters. The van der Waals surface area contributed by atoms with E-state index in [0.717, 1.165) is 25.7 Å². The molecule has 0 aliphatic heterocycles. The Balaban J connectivity index is 4.07. The monoisotopic (exact) mass is 248 g/mol. The van der Waals surface area contributed by atoms with Crippen molar-refractivity contribution in [3.05, 3.63) is 0 Å². The fraction of sp³-hybridized carbons (Fsp3) is 1.00. The number of aliphatic hydroxyl groups is 1. The molecule has 1 N–H and O–H groups in total. The molecule has 0 radical (unpaired) electrons. The Hall–Kier alpha value is -0.0400. The molecule has 1 heteroatoms. The molecule has 0 aromatic carbocycles. The van der Waals surface area contributed by atoms with Gasteiger partial charge in [-0.15, -0.1) is 0 Å². The minimum absolute atomic E-state index is 0.143. The van der Waals surface area contributed by atoms with Crippen LogP contribution in [0.25, 0.3) is 0 Å². The molecular weight excluding hydrogens is 208 g/mol. The van der Waals surface area contributed by atoms with Crippen molar-refractivity contribution in [2.75, 3.05) is 6.61 Å². The van der Waals surface area contributed by atoms with Crippen LogP contribution in [0.15, 0.2) is 0 Å². The second-order valence-corrected chi connectivity index (χ2v) is 4.41. The molecule has 0 atom stereocenters. The van der Waals surface area contributed by atoms with Gasteiger partial charge in [0.2, 0.25) is 0 Å². The SMILES string of the molecule is [2H]C([2H])(CC)CCCCC([2H])([2H])C([2H])([2H])CCCCCCCO. The molecule has 0 saturated carbocycles. The van der Waals surface area contributed by atoms with Gasteiger partial charge in [0.1, 0.15) is 0 Å². The summed E-state index contributed by atoms with van der Waals surface area (Å²) < 4.78 is 47.4. The van der Waals surface area contributed by atoms with Crippen molar-refractivity contribution < 1.29 is 13.3 Å². The highest BCUT2D eigenvalue weighted by Gasteiger charge is 1.93. The zero-order valence-corrected chi connectivity index (χ0v) is 11.4. The van der Waals surface area contributed by atoms with Gasteiger partial charge in [-0.25, -0.2) is 0 Å². The first-order valence-corrected chi connectivity index (χ1v) is 7.19. The third kappa shape index (κ3) is 16.0. The Labute approximate surface area is 117 Å². The van der Waals surface area contributed by atoms with Crippen molar-refractivity contribution in [3.8, 4) is 0 Å². The number of aliphatic hydroxyl groups excluding tert-OH is 1. The summed E-state index contributed by atoms with van der Waals surface area (Å²) in [5.41, 5.74) is 0. The summed E-state index contributed by atoms with van der Waals surface area (Å²) in [5, 5.41) is 8.69. The minimum Gasteiger partial charge on any atom is -0.396 e. The van der Waals surface area contributed by atoms with Crippen LogP contribution >= 0.6 is 0 Å². The van der Waals surface area contributed by atoms with Gasteiger partial charge >= 0.3 is 0 Å². The zero-order valence-electron chi connectivity index (χ0n) is 17.4. The smallest absolute Gasteiger partial charge is 0.0431 e. The lowest BCUT2D eigenvalue weighted by atomic mass is 10.0. The standard InChI is InChI=1S/C16H34O/c1-2-3-4-5-6-7-8-9-10-11-12-13-14-15-16-17/h17H,2-16H2,1H3/i3D2,8D2,9D2. The highest BCUT2D eigenvalue weighted by atomic mass is 16.2. The largest absolute Gasteiger partial charge is 0.396 e. The minimum atomic E-state index is -1.86. The zero-order chi connectivity index (χ0) is 18.0. The van der Waals surface area contributed by atoms with Crippen molar-refractivity contribution >= 4 is 0 Å². The molecule has 1 nitrogen and oxygen atoms in total. The molecule has 0 bridgehead atoms. The molecule has 0 heterocycles. The lowest BCUT2D eigenvalue weighted by molar-refractivity contribution is 0.282. The van der Waals surface area contributed by atoms with Gasteiger partial charge in [-0.3, -0.25) is 0 Å². The van der Waals surface area contributed by atoms with Gasteiger partial charge in [-0.1, -0.05) is 90.3 Å². The lowest BCUT2D eigenvalue weighted by Crippen LogP contribution is -1.84. The van der Waals surface area contributed by atoms with E-state index in [1.54, 1.807) is 6.92 Å². The first-order chi connectivity index (χ1) is 10.6. The first kappa shape index (κ1) is 8.96. The molecule has 0 saturated heterocycles. The van der Waals surface area contributed by atoms with Gasteiger partial charge in [0.15, 0.2) is 0 Å². The molecule has 17 heavy (non-hydrogen) atoms. The maximum absolute atomic E-state index is 8.69. The van der Waals surface area contributed by atoms with Crippen LogP contribution in [0.4, 0.5) is 0 Å². The van der Waals surface area contributed by atoms with Gasteiger partial charge in [-0.2, -0.15) is 0 Å². The predicted molar refractivity (Wildman–Crippen MR) is 77.4 cm³/mol. The molecule has 0 amide bonds. The molecular formula is C16H34O. The Bertz CT molecular complexity index is 307. The van der Waals surface area contributed by atoms with E-state index < -0.39 is 19.1 Å². The summed E-state index contributed by atoms with van der Waals surface area (Å²) in [5.74, 6) is 0. The third-order valence-electron chi connectivity index (χ3n) is 2.74. The molecule has 0 aliphatic rings. The molecule has 104 valence electrons. The highest BCUT2D eigenvalue weighted by Crippen LogP contribution is 2.12. The maximum atomic E-state index is 8.69. The van der Waals surface area contributed by atoms with Crippen LogP contribution in [0.5, 0.6) is 0 Å². The van der Waals surface area contributed by atoms with Crippen LogP contribution in [-0.2, 0) is 0 Å². The molecule has 0 rings (SSSR count). The average molecular weight is 248 g/mol. The van der Waals surface area contributed by atoms with Crippen molar-refractivity contribution in [2.24, 2.45) is 0 Å². The fourth-order valence-electron chi connectivity index (χ4n) is 1.67. The highest BCUT2D eigenvalue weighted by molar-refractivity contribution is 4.48. The second kappa shape index (κ2) is 16.0. The van der Waals surface area contributed by atoms with E-state index in [2.05, 4.69) is 0 Å². The van der Waals surface area contributed by atoms with E-state index in [1.165, 1.54) is 0 Å². The summed E-state index contributed by atoms with van der Waals surface area (Å²) in [4.78, 5) is 0. The van der Waals surface area contributed by atoms with Crippen molar-refractivity contribution in [1.29, 1.82) is 0 Å². The van der Waals surface area contributed by atoms with E-state index in [-0.39, 0.29) is 19.4 Å². The maximum Gasteiger partial charge on any atom is 0.0431 e. The molecule has 0 aromatic heterocycles. The second-order valence-electron chi connectivity index (χ2n) is 4.41. The van der Waals surface area contributed by atoms with Crippen LogP contribution in [0, 0.1) is 0 Å². The molecule has 0 spiro atoms. The first-order valence-electron chi connectivity index (χ1n) is 10.2. The molecule has 0 aromatic rings. The van der Waals surface area contributed by atoms with E-state index >= 15 is 0 Å². The summed E-state index contributed by atoms with van der Waals surface area (Å²) in [6, 6.07) is 0. The topological polar surface area (TPSA) is 20.2 Å². The Morgan fingerprint density at radius 2 is 1.06 bits per heavy atom. The lowest BCUT2D eigenvalue weighted by Gasteiger charge is -2.02. The van der Waals surface area contributed by atoms with Gasteiger partial charge in [-0.05, 0) is 6.42 Å². The van der Waals surface area contributed by atoms with Crippen LogP contribution in [0.3, 0.4) is 0 Å². The summed E-state index contributed by atoms with van der Waals surface area (Å²) in [6.45, 7) is 2.00. The third-order valence-corrected chi connectivity index (χ3v) is 2.74. The van der Waals surface area contributed by atoms with Crippen molar-refractivity contribution in [2.45, 2.75) is 96.7 Å².